The van der Waals surface area contributed by atoms with Crippen molar-refractivity contribution in [2.24, 2.45) is 4.99 Å². The molecule has 3 rings (SSSR count). The van der Waals surface area contributed by atoms with E-state index in [9.17, 15) is 0 Å². The number of aliphatic imine (C=N–C) groups is 1. The van der Waals surface area contributed by atoms with Crippen molar-refractivity contribution in [3.63, 3.8) is 0 Å². The zero-order valence-corrected chi connectivity index (χ0v) is 22.6. The summed E-state index contributed by atoms with van der Waals surface area (Å²) in [6.45, 7) is 6.87. The number of nitrogens with zero attached hydrogens (tertiary/aromatic N) is 3. The first-order chi connectivity index (χ1) is 15.1. The van der Waals surface area contributed by atoms with Crippen LogP contribution in [0.4, 0.5) is 5.69 Å². The highest BCUT2D eigenvalue weighted by Gasteiger charge is 2.22. The lowest BCUT2D eigenvalue weighted by Gasteiger charge is -2.35. The smallest absolute Gasteiger partial charge is 0.191 e. The van der Waals surface area contributed by atoms with Crippen LogP contribution in [0.5, 0.6) is 11.5 Å². The fraction of sp³-hybridized carbons (Fsp3) is 0.708. The predicted octanol–water partition coefficient (Wildman–Crippen LogP) is 3.72. The standard InChI is InChI=1S/C24H41N5O2.HI/c1-5-25-24(26-12-15-28(2)20-8-6-7-9-20)27-19-10-13-29(14-11-19)21-16-22(30-3)18-23(17-21)31-4;/h16-20H,5-15H2,1-4H3,(H2,25,26,27);1H. The molecule has 1 saturated heterocycles. The van der Waals surface area contributed by atoms with E-state index in [0.717, 1.165) is 74.8 Å². The highest BCUT2D eigenvalue weighted by molar-refractivity contribution is 14.0. The van der Waals surface area contributed by atoms with Crippen LogP contribution in [0, 0.1) is 0 Å². The molecule has 1 aliphatic carbocycles. The zero-order valence-electron chi connectivity index (χ0n) is 20.2. The van der Waals surface area contributed by atoms with Gasteiger partial charge in [-0.1, -0.05) is 12.8 Å². The third kappa shape index (κ3) is 7.86. The SMILES string of the molecule is CCNC(=NCCN(C)C1CCCC1)NC1CCN(c2cc(OC)cc(OC)c2)CC1.I. The van der Waals surface area contributed by atoms with Gasteiger partial charge in [-0.05, 0) is 39.7 Å². The molecule has 1 aromatic carbocycles. The molecule has 0 radical (unpaired) electrons. The maximum absolute atomic E-state index is 5.43. The highest BCUT2D eigenvalue weighted by atomic mass is 127. The summed E-state index contributed by atoms with van der Waals surface area (Å²) in [4.78, 5) is 9.74. The van der Waals surface area contributed by atoms with Crippen LogP contribution in [0.3, 0.4) is 0 Å². The van der Waals surface area contributed by atoms with Crippen molar-refractivity contribution < 1.29 is 9.47 Å². The molecule has 8 heteroatoms. The van der Waals surface area contributed by atoms with E-state index in [-0.39, 0.29) is 24.0 Å². The van der Waals surface area contributed by atoms with Crippen molar-refractivity contribution >= 4 is 35.6 Å². The van der Waals surface area contributed by atoms with Crippen LogP contribution in [0.25, 0.3) is 0 Å². The van der Waals surface area contributed by atoms with Gasteiger partial charge in [0.2, 0.25) is 0 Å². The van der Waals surface area contributed by atoms with Gasteiger partial charge in [0.15, 0.2) is 5.96 Å². The molecule has 2 fully saturated rings. The van der Waals surface area contributed by atoms with Gasteiger partial charge in [0.05, 0.1) is 20.8 Å². The maximum Gasteiger partial charge on any atom is 0.191 e. The number of anilines is 1. The molecule has 0 aromatic heterocycles. The Labute approximate surface area is 211 Å². The summed E-state index contributed by atoms with van der Waals surface area (Å²) >= 11 is 0. The molecule has 2 aliphatic rings. The van der Waals surface area contributed by atoms with Crippen molar-refractivity contribution in [2.75, 3.05) is 58.9 Å². The highest BCUT2D eigenvalue weighted by Crippen LogP contribution is 2.30. The van der Waals surface area contributed by atoms with E-state index in [1.165, 1.54) is 25.7 Å². The molecular formula is C24H42IN5O2. The first kappa shape index (κ1) is 26.8. The molecule has 0 amide bonds. The second-order valence-corrected chi connectivity index (χ2v) is 8.66. The van der Waals surface area contributed by atoms with Crippen LogP contribution >= 0.6 is 24.0 Å². The van der Waals surface area contributed by atoms with Crippen LogP contribution < -0.4 is 25.0 Å². The molecule has 32 heavy (non-hydrogen) atoms. The van der Waals surface area contributed by atoms with E-state index < -0.39 is 0 Å². The fourth-order valence-electron chi connectivity index (χ4n) is 4.62. The number of piperidine rings is 1. The lowest BCUT2D eigenvalue weighted by atomic mass is 10.0. The summed E-state index contributed by atoms with van der Waals surface area (Å²) in [5.74, 6) is 2.61. The number of rotatable bonds is 9. The Bertz CT molecular complexity index is 681. The van der Waals surface area contributed by atoms with Gasteiger partial charge >= 0.3 is 0 Å². The lowest BCUT2D eigenvalue weighted by Crippen LogP contribution is -2.49. The summed E-state index contributed by atoms with van der Waals surface area (Å²) in [5, 5.41) is 7.08. The second-order valence-electron chi connectivity index (χ2n) is 8.66. The summed E-state index contributed by atoms with van der Waals surface area (Å²) < 4.78 is 10.9. The van der Waals surface area contributed by atoms with Crippen molar-refractivity contribution in [1.82, 2.24) is 15.5 Å². The Kier molecular flexibility index (Phi) is 11.7. The van der Waals surface area contributed by atoms with Gasteiger partial charge in [-0.25, -0.2) is 0 Å². The lowest BCUT2D eigenvalue weighted by molar-refractivity contribution is 0.252. The largest absolute Gasteiger partial charge is 0.497 e. The molecule has 1 aromatic rings. The zero-order chi connectivity index (χ0) is 22.1. The fourth-order valence-corrected chi connectivity index (χ4v) is 4.62. The van der Waals surface area contributed by atoms with Crippen molar-refractivity contribution in [1.29, 1.82) is 0 Å². The van der Waals surface area contributed by atoms with E-state index in [1.54, 1.807) is 14.2 Å². The molecule has 1 aliphatic heterocycles. The molecule has 7 nitrogen and oxygen atoms in total. The first-order valence-electron chi connectivity index (χ1n) is 11.9. The average molecular weight is 560 g/mol. The number of likely N-dealkylation sites (N-methyl/N-ethyl adjacent to an activating group) is 1. The van der Waals surface area contributed by atoms with Crippen LogP contribution in [0.1, 0.15) is 45.4 Å². The minimum Gasteiger partial charge on any atom is -0.497 e. The minimum atomic E-state index is 0. The predicted molar refractivity (Wildman–Crippen MR) is 144 cm³/mol. The molecule has 1 heterocycles. The van der Waals surface area contributed by atoms with Crippen molar-refractivity contribution in [3.05, 3.63) is 18.2 Å². The van der Waals surface area contributed by atoms with E-state index in [1.807, 2.05) is 6.07 Å². The number of nitrogens with one attached hydrogen (secondary N) is 2. The van der Waals surface area contributed by atoms with Gasteiger partial charge in [0.25, 0.3) is 0 Å². The normalized spacial score (nSPS) is 17.9. The van der Waals surface area contributed by atoms with Gasteiger partial charge in [0.1, 0.15) is 11.5 Å². The summed E-state index contributed by atoms with van der Waals surface area (Å²) in [6, 6.07) is 7.28. The number of hydrogen-bond donors (Lipinski definition) is 2. The number of benzene rings is 1. The summed E-state index contributed by atoms with van der Waals surface area (Å²) in [6.07, 6.45) is 7.60. The Morgan fingerprint density at radius 2 is 1.69 bits per heavy atom. The number of ether oxygens (including phenoxy) is 2. The molecule has 0 spiro atoms. The molecular weight excluding hydrogens is 517 g/mol. The molecule has 182 valence electrons. The molecule has 0 unspecified atom stereocenters. The van der Waals surface area contributed by atoms with Gasteiger partial charge in [-0.3, -0.25) is 4.99 Å². The van der Waals surface area contributed by atoms with Gasteiger partial charge < -0.3 is 29.9 Å². The summed E-state index contributed by atoms with van der Waals surface area (Å²) in [5.41, 5.74) is 1.16. The molecule has 0 atom stereocenters. The molecule has 1 saturated carbocycles. The summed E-state index contributed by atoms with van der Waals surface area (Å²) in [7, 11) is 5.64. The molecule has 2 N–H and O–H groups in total. The van der Waals surface area contributed by atoms with E-state index >= 15 is 0 Å². The van der Waals surface area contributed by atoms with Gasteiger partial charge in [0, 0.05) is 62.1 Å². The third-order valence-corrected chi connectivity index (χ3v) is 6.55. The van der Waals surface area contributed by atoms with Gasteiger partial charge in [-0.15, -0.1) is 24.0 Å². The number of hydrogen-bond acceptors (Lipinski definition) is 5. The Morgan fingerprint density at radius 3 is 2.25 bits per heavy atom. The van der Waals surface area contributed by atoms with Crippen LogP contribution in [0.15, 0.2) is 23.2 Å². The van der Waals surface area contributed by atoms with Crippen molar-refractivity contribution in [2.45, 2.75) is 57.5 Å². The molecule has 0 bridgehead atoms. The van der Waals surface area contributed by atoms with E-state index in [0.29, 0.717) is 6.04 Å². The maximum atomic E-state index is 5.43. The quantitative estimate of drug-likeness (QED) is 0.273. The Hall–Kier alpha value is -1.42. The first-order valence-corrected chi connectivity index (χ1v) is 11.9. The van der Waals surface area contributed by atoms with Crippen LogP contribution in [-0.2, 0) is 0 Å². The average Bonchev–Trinajstić information content (AvgIpc) is 3.34. The van der Waals surface area contributed by atoms with E-state index in [4.69, 9.17) is 14.5 Å². The van der Waals surface area contributed by atoms with Crippen LogP contribution in [-0.4, -0.2) is 76.9 Å². The number of methoxy groups -OCH3 is 2. The second kappa shape index (κ2) is 14.0. The minimum absolute atomic E-state index is 0. The Morgan fingerprint density at radius 1 is 1.06 bits per heavy atom. The third-order valence-electron chi connectivity index (χ3n) is 6.55. The monoisotopic (exact) mass is 559 g/mol. The topological polar surface area (TPSA) is 61.4 Å². The number of halogens is 1. The Balaban J connectivity index is 0.00000363. The van der Waals surface area contributed by atoms with Crippen LogP contribution in [0.2, 0.25) is 0 Å². The van der Waals surface area contributed by atoms with Crippen molar-refractivity contribution in [3.8, 4) is 11.5 Å². The van der Waals surface area contributed by atoms with E-state index in [2.05, 4.69) is 46.5 Å². The number of guanidine groups is 1. The van der Waals surface area contributed by atoms with Gasteiger partial charge in [-0.2, -0.15) is 0 Å².